The number of nitrogens with zero attached hydrogens (tertiary/aromatic N) is 1. The van der Waals surface area contributed by atoms with Crippen LogP contribution < -0.4 is 4.74 Å². The molecule has 0 spiro atoms. The summed E-state index contributed by atoms with van der Waals surface area (Å²) in [7, 11) is 1.68. The summed E-state index contributed by atoms with van der Waals surface area (Å²) in [4.78, 5) is 4.21. The smallest absolute Gasteiger partial charge is 0.118 e. The van der Waals surface area contributed by atoms with E-state index in [1.807, 2.05) is 36.4 Å². The fraction of sp³-hybridized carbons (Fsp3) is 0.118. The predicted molar refractivity (Wildman–Crippen MR) is 110 cm³/mol. The third-order valence-electron chi connectivity index (χ3n) is 2.96. The summed E-state index contributed by atoms with van der Waals surface area (Å²) < 4.78 is 7.27. The lowest BCUT2D eigenvalue weighted by Gasteiger charge is -1.98. The second kappa shape index (κ2) is 8.88. The van der Waals surface area contributed by atoms with Crippen molar-refractivity contribution in [3.8, 4) is 5.75 Å². The van der Waals surface area contributed by atoms with Gasteiger partial charge in [-0.3, -0.25) is 4.98 Å². The molecule has 114 valence electrons. The number of pyridine rings is 1. The van der Waals surface area contributed by atoms with E-state index < -0.39 is 0 Å². The van der Waals surface area contributed by atoms with Crippen LogP contribution in [0.1, 0.15) is 5.56 Å². The Labute approximate surface area is 162 Å². The summed E-state index contributed by atoms with van der Waals surface area (Å²) in [6.45, 7) is 0. The van der Waals surface area contributed by atoms with Gasteiger partial charge in [-0.05, 0) is 58.5 Å². The number of halogens is 3. The minimum atomic E-state index is 0.733. The van der Waals surface area contributed by atoms with Gasteiger partial charge in [0.2, 0.25) is 0 Å². The zero-order valence-corrected chi connectivity index (χ0v) is 17.0. The SMILES string of the molecule is COc1ccc(CI)cc1.Clc1ccc2c(I)ccnc2c1. The highest BCUT2D eigenvalue weighted by molar-refractivity contribution is 14.1. The van der Waals surface area contributed by atoms with Crippen molar-refractivity contribution in [2.75, 3.05) is 7.11 Å². The van der Waals surface area contributed by atoms with E-state index in [1.54, 1.807) is 13.3 Å². The maximum absolute atomic E-state index is 5.83. The number of rotatable bonds is 2. The van der Waals surface area contributed by atoms with Crippen LogP contribution in [0.25, 0.3) is 10.9 Å². The summed E-state index contributed by atoms with van der Waals surface area (Å²) in [6.07, 6.45) is 1.79. The minimum Gasteiger partial charge on any atom is -0.497 e. The molecule has 0 saturated carbocycles. The number of ether oxygens (including phenoxy) is 1. The molecule has 0 unspecified atom stereocenters. The van der Waals surface area contributed by atoms with Gasteiger partial charge in [-0.2, -0.15) is 0 Å². The van der Waals surface area contributed by atoms with Crippen molar-refractivity contribution in [3.05, 3.63) is 68.9 Å². The molecular weight excluding hydrogens is 523 g/mol. The molecule has 0 bridgehead atoms. The van der Waals surface area contributed by atoms with Crippen LogP contribution in [0.15, 0.2) is 54.7 Å². The topological polar surface area (TPSA) is 22.1 Å². The van der Waals surface area contributed by atoms with E-state index in [1.165, 1.54) is 9.13 Å². The first-order valence-corrected chi connectivity index (χ1v) is 9.51. The first-order valence-electron chi connectivity index (χ1n) is 6.52. The molecule has 0 amide bonds. The van der Waals surface area contributed by atoms with Crippen molar-refractivity contribution < 1.29 is 4.74 Å². The average molecular weight is 538 g/mol. The molecule has 1 aromatic heterocycles. The zero-order valence-electron chi connectivity index (χ0n) is 11.9. The highest BCUT2D eigenvalue weighted by atomic mass is 127. The third-order valence-corrected chi connectivity index (χ3v) is 5.02. The van der Waals surface area contributed by atoms with E-state index in [9.17, 15) is 0 Å². The minimum absolute atomic E-state index is 0.733. The van der Waals surface area contributed by atoms with Crippen molar-refractivity contribution in [1.82, 2.24) is 4.98 Å². The van der Waals surface area contributed by atoms with Crippen molar-refractivity contribution in [1.29, 1.82) is 0 Å². The van der Waals surface area contributed by atoms with Gasteiger partial charge in [-0.1, -0.05) is 52.4 Å². The molecule has 0 atom stereocenters. The molecular formula is C17H14ClI2NO. The van der Waals surface area contributed by atoms with Crippen LogP contribution in [0.2, 0.25) is 5.02 Å². The lowest BCUT2D eigenvalue weighted by Crippen LogP contribution is -1.82. The lowest BCUT2D eigenvalue weighted by molar-refractivity contribution is 0.414. The lowest BCUT2D eigenvalue weighted by atomic mass is 10.2. The van der Waals surface area contributed by atoms with Crippen LogP contribution >= 0.6 is 56.8 Å². The Kier molecular flexibility index (Phi) is 7.17. The quantitative estimate of drug-likeness (QED) is 0.290. The Morgan fingerprint density at radius 2 is 1.82 bits per heavy atom. The van der Waals surface area contributed by atoms with E-state index in [0.29, 0.717) is 0 Å². The van der Waals surface area contributed by atoms with Gasteiger partial charge in [0.15, 0.2) is 0 Å². The van der Waals surface area contributed by atoms with E-state index >= 15 is 0 Å². The van der Waals surface area contributed by atoms with Crippen LogP contribution in [0.4, 0.5) is 0 Å². The molecule has 3 rings (SSSR count). The molecule has 3 aromatic rings. The summed E-state index contributed by atoms with van der Waals surface area (Å²) in [5, 5.41) is 1.89. The number of hydrogen-bond acceptors (Lipinski definition) is 2. The molecule has 0 aliphatic rings. The van der Waals surface area contributed by atoms with Gasteiger partial charge in [-0.15, -0.1) is 0 Å². The first-order chi connectivity index (χ1) is 10.6. The molecule has 0 fully saturated rings. The Morgan fingerprint density at radius 3 is 2.45 bits per heavy atom. The van der Waals surface area contributed by atoms with Gasteiger partial charge in [0.05, 0.1) is 12.6 Å². The van der Waals surface area contributed by atoms with Crippen LogP contribution in [0.5, 0.6) is 5.75 Å². The Morgan fingerprint density at radius 1 is 1.09 bits per heavy atom. The molecule has 0 radical (unpaired) electrons. The summed E-state index contributed by atoms with van der Waals surface area (Å²) in [6, 6.07) is 15.8. The maximum Gasteiger partial charge on any atom is 0.118 e. The largest absolute Gasteiger partial charge is 0.497 e. The maximum atomic E-state index is 5.83. The Hall–Kier alpha value is -0.600. The van der Waals surface area contributed by atoms with E-state index in [-0.39, 0.29) is 0 Å². The van der Waals surface area contributed by atoms with Gasteiger partial charge in [-0.25, -0.2) is 0 Å². The molecule has 0 saturated heterocycles. The molecule has 0 aliphatic heterocycles. The van der Waals surface area contributed by atoms with Crippen molar-refractivity contribution in [3.63, 3.8) is 0 Å². The van der Waals surface area contributed by atoms with Crippen LogP contribution in [0.3, 0.4) is 0 Å². The van der Waals surface area contributed by atoms with Gasteiger partial charge in [0.25, 0.3) is 0 Å². The monoisotopic (exact) mass is 537 g/mol. The first kappa shape index (κ1) is 17.7. The highest BCUT2D eigenvalue weighted by Crippen LogP contribution is 2.21. The normalized spacial score (nSPS) is 10.0. The van der Waals surface area contributed by atoms with Crippen molar-refractivity contribution >= 4 is 67.7 Å². The number of hydrogen-bond donors (Lipinski definition) is 0. The van der Waals surface area contributed by atoms with Crippen LogP contribution in [-0.4, -0.2) is 12.1 Å². The summed E-state index contributed by atoms with van der Waals surface area (Å²) in [5.74, 6) is 0.925. The molecule has 22 heavy (non-hydrogen) atoms. The molecule has 0 aliphatic carbocycles. The van der Waals surface area contributed by atoms with Crippen molar-refractivity contribution in [2.24, 2.45) is 0 Å². The second-order valence-electron chi connectivity index (χ2n) is 4.44. The number of methoxy groups -OCH3 is 1. The predicted octanol–water partition coefficient (Wildman–Crippen LogP) is 6.12. The molecule has 2 nitrogen and oxygen atoms in total. The Bertz CT molecular complexity index is 724. The fourth-order valence-electron chi connectivity index (χ4n) is 1.80. The number of aromatic nitrogens is 1. The van der Waals surface area contributed by atoms with Crippen LogP contribution in [0, 0.1) is 3.57 Å². The average Bonchev–Trinajstić information content (AvgIpc) is 2.55. The van der Waals surface area contributed by atoms with Gasteiger partial charge < -0.3 is 4.74 Å². The fourth-order valence-corrected chi connectivity index (χ4v) is 3.09. The third kappa shape index (κ3) is 4.96. The van der Waals surface area contributed by atoms with Gasteiger partial charge in [0.1, 0.15) is 5.75 Å². The number of benzene rings is 2. The summed E-state index contributed by atoms with van der Waals surface area (Å²) in [5.41, 5.74) is 2.29. The van der Waals surface area contributed by atoms with Gasteiger partial charge in [0, 0.05) is 24.6 Å². The molecule has 5 heteroatoms. The molecule has 2 aromatic carbocycles. The summed E-state index contributed by atoms with van der Waals surface area (Å²) >= 11 is 10.5. The van der Waals surface area contributed by atoms with Gasteiger partial charge >= 0.3 is 0 Å². The highest BCUT2D eigenvalue weighted by Gasteiger charge is 1.98. The second-order valence-corrected chi connectivity index (χ2v) is 6.80. The van der Waals surface area contributed by atoms with E-state index in [0.717, 1.165) is 26.1 Å². The molecule has 1 heterocycles. The number of fused-ring (bicyclic) bond motifs is 1. The standard InChI is InChI=1S/C9H5ClIN.C8H9IO/c10-6-1-2-7-8(11)3-4-12-9(7)5-6;1-10-8-4-2-7(6-9)3-5-8/h1-5H;2-5H,6H2,1H3. The molecule has 0 N–H and O–H groups in total. The Balaban J connectivity index is 0.000000164. The zero-order chi connectivity index (χ0) is 15.9. The van der Waals surface area contributed by atoms with E-state index in [2.05, 4.69) is 62.3 Å². The number of alkyl halides is 1. The van der Waals surface area contributed by atoms with E-state index in [4.69, 9.17) is 16.3 Å². The van der Waals surface area contributed by atoms with Crippen molar-refractivity contribution in [2.45, 2.75) is 4.43 Å². The van der Waals surface area contributed by atoms with Crippen LogP contribution in [-0.2, 0) is 4.43 Å².